The van der Waals surface area contributed by atoms with Crippen molar-refractivity contribution in [3.05, 3.63) is 23.2 Å². The molecule has 0 unspecified atom stereocenters. The van der Waals surface area contributed by atoms with Gasteiger partial charge in [-0.3, -0.25) is 0 Å². The molecule has 3 nitrogen and oxygen atoms in total. The number of halogens is 1. The van der Waals surface area contributed by atoms with E-state index in [-0.39, 0.29) is 0 Å². The van der Waals surface area contributed by atoms with Gasteiger partial charge in [-0.25, -0.2) is 9.97 Å². The number of rotatable bonds is 1. The molecule has 0 radical (unpaired) electrons. The summed E-state index contributed by atoms with van der Waals surface area (Å²) in [6.45, 7) is 1.45. The molecule has 0 atom stereocenters. The third kappa shape index (κ3) is 1.34. The molecule has 4 heteroatoms. The van der Waals surface area contributed by atoms with Crippen molar-refractivity contribution in [2.75, 3.05) is 13.2 Å². The highest BCUT2D eigenvalue weighted by molar-refractivity contribution is 6.29. The summed E-state index contributed by atoms with van der Waals surface area (Å²) in [5.41, 5.74) is 0. The van der Waals surface area contributed by atoms with Gasteiger partial charge in [0.1, 0.15) is 11.0 Å². The second kappa shape index (κ2) is 2.75. The largest absolute Gasteiger partial charge is 0.380 e. The van der Waals surface area contributed by atoms with Gasteiger partial charge in [-0.2, -0.15) is 0 Å². The van der Waals surface area contributed by atoms with Crippen molar-refractivity contribution in [3.63, 3.8) is 0 Å². The fraction of sp³-hybridized carbons (Fsp3) is 0.429. The summed E-state index contributed by atoms with van der Waals surface area (Å²) in [6.07, 6.45) is 1.67. The first-order chi connectivity index (χ1) is 5.36. The Morgan fingerprint density at radius 3 is 2.91 bits per heavy atom. The van der Waals surface area contributed by atoms with Crippen molar-refractivity contribution in [1.82, 2.24) is 9.97 Å². The van der Waals surface area contributed by atoms with Crippen LogP contribution in [0.25, 0.3) is 0 Å². The van der Waals surface area contributed by atoms with Crippen molar-refractivity contribution in [2.45, 2.75) is 5.92 Å². The van der Waals surface area contributed by atoms with Gasteiger partial charge in [-0.1, -0.05) is 11.6 Å². The Morgan fingerprint density at radius 2 is 2.36 bits per heavy atom. The maximum absolute atomic E-state index is 5.68. The van der Waals surface area contributed by atoms with Crippen LogP contribution in [-0.2, 0) is 4.74 Å². The lowest BCUT2D eigenvalue weighted by atomic mass is 10.1. The molecule has 0 saturated carbocycles. The Balaban J connectivity index is 2.23. The van der Waals surface area contributed by atoms with E-state index in [0.29, 0.717) is 11.1 Å². The molecule has 0 amide bonds. The van der Waals surface area contributed by atoms with E-state index in [1.165, 1.54) is 0 Å². The standard InChI is InChI=1S/C7H7ClN2O/c8-6-1-2-9-7(10-6)5-3-11-4-5/h1-2,5H,3-4H2. The van der Waals surface area contributed by atoms with Gasteiger partial charge in [0, 0.05) is 6.20 Å². The molecular formula is C7H7ClN2O. The molecule has 1 aliphatic heterocycles. The molecule has 2 heterocycles. The highest BCUT2D eigenvalue weighted by Crippen LogP contribution is 2.20. The molecule has 11 heavy (non-hydrogen) atoms. The predicted octanol–water partition coefficient (Wildman–Crippen LogP) is 1.24. The summed E-state index contributed by atoms with van der Waals surface area (Å²) in [5, 5.41) is 0.502. The molecule has 58 valence electrons. The average Bonchev–Trinajstić information content (AvgIpc) is 1.83. The summed E-state index contributed by atoms with van der Waals surface area (Å²) in [6, 6.07) is 1.67. The van der Waals surface area contributed by atoms with Gasteiger partial charge in [-0.15, -0.1) is 0 Å². The minimum atomic E-state index is 0.355. The van der Waals surface area contributed by atoms with Crippen molar-refractivity contribution < 1.29 is 4.74 Å². The molecule has 1 aromatic heterocycles. The lowest BCUT2D eigenvalue weighted by Crippen LogP contribution is -2.26. The van der Waals surface area contributed by atoms with Gasteiger partial charge in [0.2, 0.25) is 0 Å². The summed E-state index contributed by atoms with van der Waals surface area (Å²) in [7, 11) is 0. The first-order valence-electron chi connectivity index (χ1n) is 3.42. The SMILES string of the molecule is Clc1ccnc(C2COC2)n1. The number of ether oxygens (including phenoxy) is 1. The fourth-order valence-electron chi connectivity index (χ4n) is 0.932. The van der Waals surface area contributed by atoms with Crippen molar-refractivity contribution in [3.8, 4) is 0 Å². The molecule has 0 aliphatic carbocycles. The maximum Gasteiger partial charge on any atom is 0.137 e. The molecule has 1 aromatic rings. The lowest BCUT2D eigenvalue weighted by molar-refractivity contribution is 0.00485. The highest BCUT2D eigenvalue weighted by atomic mass is 35.5. The fourth-order valence-corrected chi connectivity index (χ4v) is 1.08. The molecule has 0 aromatic carbocycles. The van der Waals surface area contributed by atoms with Crippen LogP contribution < -0.4 is 0 Å². The lowest BCUT2D eigenvalue weighted by Gasteiger charge is -2.24. The molecule has 1 aliphatic rings. The number of hydrogen-bond acceptors (Lipinski definition) is 3. The third-order valence-electron chi connectivity index (χ3n) is 1.64. The second-order valence-electron chi connectivity index (χ2n) is 2.47. The molecule has 1 fully saturated rings. The molecule has 1 saturated heterocycles. The number of aromatic nitrogens is 2. The highest BCUT2D eigenvalue weighted by Gasteiger charge is 2.23. The van der Waals surface area contributed by atoms with E-state index < -0.39 is 0 Å². The minimum absolute atomic E-state index is 0.355. The minimum Gasteiger partial charge on any atom is -0.380 e. The Kier molecular flexibility index (Phi) is 1.75. The topological polar surface area (TPSA) is 35.0 Å². The number of nitrogens with zero attached hydrogens (tertiary/aromatic N) is 2. The van der Waals surface area contributed by atoms with Crippen molar-refractivity contribution in [1.29, 1.82) is 0 Å². The van der Waals surface area contributed by atoms with E-state index in [1.807, 2.05) is 0 Å². The Morgan fingerprint density at radius 1 is 1.55 bits per heavy atom. The molecular weight excluding hydrogens is 164 g/mol. The van der Waals surface area contributed by atoms with Crippen molar-refractivity contribution in [2.24, 2.45) is 0 Å². The first kappa shape index (κ1) is 7.00. The Bertz CT molecular complexity index is 262. The van der Waals surface area contributed by atoms with E-state index in [1.54, 1.807) is 12.3 Å². The van der Waals surface area contributed by atoms with Gasteiger partial charge in [-0.05, 0) is 6.07 Å². The summed E-state index contributed by atoms with van der Waals surface area (Å²) in [5.74, 6) is 1.15. The summed E-state index contributed by atoms with van der Waals surface area (Å²) in [4.78, 5) is 8.16. The van der Waals surface area contributed by atoms with Crippen LogP contribution in [0.4, 0.5) is 0 Å². The van der Waals surface area contributed by atoms with Crippen LogP contribution >= 0.6 is 11.6 Å². The first-order valence-corrected chi connectivity index (χ1v) is 3.80. The smallest absolute Gasteiger partial charge is 0.137 e. The van der Waals surface area contributed by atoms with Crippen LogP contribution in [-0.4, -0.2) is 23.2 Å². The maximum atomic E-state index is 5.68. The van der Waals surface area contributed by atoms with Crippen LogP contribution in [0.15, 0.2) is 12.3 Å². The zero-order valence-electron chi connectivity index (χ0n) is 5.83. The van der Waals surface area contributed by atoms with Crippen LogP contribution in [0.2, 0.25) is 5.15 Å². The van der Waals surface area contributed by atoms with E-state index in [4.69, 9.17) is 16.3 Å². The van der Waals surface area contributed by atoms with Crippen LogP contribution in [0.1, 0.15) is 11.7 Å². The molecule has 0 bridgehead atoms. The van der Waals surface area contributed by atoms with E-state index >= 15 is 0 Å². The molecule has 2 rings (SSSR count). The predicted molar refractivity (Wildman–Crippen MR) is 40.6 cm³/mol. The second-order valence-corrected chi connectivity index (χ2v) is 2.86. The zero-order valence-corrected chi connectivity index (χ0v) is 6.58. The van der Waals surface area contributed by atoms with Gasteiger partial charge in [0.15, 0.2) is 0 Å². The van der Waals surface area contributed by atoms with Gasteiger partial charge < -0.3 is 4.74 Å². The molecule has 0 spiro atoms. The third-order valence-corrected chi connectivity index (χ3v) is 1.85. The average molecular weight is 171 g/mol. The van der Waals surface area contributed by atoms with Crippen LogP contribution in [0.5, 0.6) is 0 Å². The summed E-state index contributed by atoms with van der Waals surface area (Å²) >= 11 is 5.68. The van der Waals surface area contributed by atoms with E-state index in [9.17, 15) is 0 Å². The van der Waals surface area contributed by atoms with Crippen LogP contribution in [0.3, 0.4) is 0 Å². The summed E-state index contributed by atoms with van der Waals surface area (Å²) < 4.78 is 5.01. The number of hydrogen-bond donors (Lipinski definition) is 0. The Labute approximate surface area is 69.4 Å². The van der Waals surface area contributed by atoms with Gasteiger partial charge >= 0.3 is 0 Å². The van der Waals surface area contributed by atoms with Crippen molar-refractivity contribution >= 4 is 11.6 Å². The quantitative estimate of drug-likeness (QED) is 0.595. The van der Waals surface area contributed by atoms with E-state index in [0.717, 1.165) is 19.0 Å². The van der Waals surface area contributed by atoms with E-state index in [2.05, 4.69) is 9.97 Å². The van der Waals surface area contributed by atoms with Crippen LogP contribution in [0, 0.1) is 0 Å². The molecule has 0 N–H and O–H groups in total. The zero-order chi connectivity index (χ0) is 7.68. The van der Waals surface area contributed by atoms with Gasteiger partial charge in [0.05, 0.1) is 19.1 Å². The normalized spacial score (nSPS) is 17.9. The Hall–Kier alpha value is -0.670. The van der Waals surface area contributed by atoms with Gasteiger partial charge in [0.25, 0.3) is 0 Å². The monoisotopic (exact) mass is 170 g/mol.